The molecule has 1 aliphatic heterocycles. The Morgan fingerprint density at radius 1 is 1.56 bits per heavy atom. The van der Waals surface area contributed by atoms with Crippen LogP contribution in [0, 0.1) is 6.92 Å². The van der Waals surface area contributed by atoms with Crippen LogP contribution in [0.4, 0.5) is 4.79 Å². The molecule has 18 heavy (non-hydrogen) atoms. The zero-order valence-electron chi connectivity index (χ0n) is 11.4. The third kappa shape index (κ3) is 2.52. The molecule has 1 atom stereocenters. The predicted molar refractivity (Wildman–Crippen MR) is 74.8 cm³/mol. The summed E-state index contributed by atoms with van der Waals surface area (Å²) in [5.41, 5.74) is 6.92. The Balaban J connectivity index is 2.18. The highest BCUT2D eigenvalue weighted by atomic mass is 32.1. The Labute approximate surface area is 112 Å². The number of hydrogen-bond donors (Lipinski definition) is 1. The van der Waals surface area contributed by atoms with Crippen molar-refractivity contribution in [2.24, 2.45) is 5.73 Å². The van der Waals surface area contributed by atoms with Gasteiger partial charge in [0.15, 0.2) is 0 Å². The number of amides is 2. The van der Waals surface area contributed by atoms with Gasteiger partial charge < -0.3 is 15.5 Å². The van der Waals surface area contributed by atoms with Crippen LogP contribution in [0.5, 0.6) is 0 Å². The van der Waals surface area contributed by atoms with Gasteiger partial charge >= 0.3 is 6.03 Å². The van der Waals surface area contributed by atoms with Gasteiger partial charge in [0.2, 0.25) is 0 Å². The minimum Gasteiger partial charge on any atom is -0.324 e. The Morgan fingerprint density at radius 3 is 2.72 bits per heavy atom. The third-order valence-corrected chi connectivity index (χ3v) is 4.36. The summed E-state index contributed by atoms with van der Waals surface area (Å²) in [6, 6.07) is 2.35. The molecule has 0 spiro atoms. The second kappa shape index (κ2) is 4.55. The average Bonchev–Trinajstić information content (AvgIpc) is 2.76. The monoisotopic (exact) mass is 267 g/mol. The van der Waals surface area contributed by atoms with Crippen LogP contribution in [0.3, 0.4) is 0 Å². The third-order valence-electron chi connectivity index (χ3n) is 3.24. The molecule has 2 rings (SSSR count). The molecule has 1 aromatic heterocycles. The summed E-state index contributed by atoms with van der Waals surface area (Å²) < 4.78 is 0. The van der Waals surface area contributed by atoms with Crippen molar-refractivity contribution in [2.45, 2.75) is 32.4 Å². The Morgan fingerprint density at radius 2 is 2.22 bits per heavy atom. The standard InChI is InChI=1S/C13H21N3OS/c1-9-5-6-18-11(9)10-7-16(8-13(2,3)14)12(17)15(10)4/h5-6,10H,7-8,14H2,1-4H3. The van der Waals surface area contributed by atoms with Gasteiger partial charge in [-0.05, 0) is 37.8 Å². The maximum atomic E-state index is 12.2. The summed E-state index contributed by atoms with van der Waals surface area (Å²) in [6.07, 6.45) is 0. The minimum atomic E-state index is -0.351. The smallest absolute Gasteiger partial charge is 0.320 e. The molecule has 1 aliphatic rings. The zero-order chi connectivity index (χ0) is 13.5. The summed E-state index contributed by atoms with van der Waals surface area (Å²) in [6.45, 7) is 7.32. The van der Waals surface area contributed by atoms with E-state index in [1.54, 1.807) is 11.3 Å². The Kier molecular flexibility index (Phi) is 3.38. The number of thiophene rings is 1. The van der Waals surface area contributed by atoms with Gasteiger partial charge in [-0.15, -0.1) is 11.3 Å². The largest absolute Gasteiger partial charge is 0.324 e. The normalized spacial score (nSPS) is 20.9. The van der Waals surface area contributed by atoms with Crippen molar-refractivity contribution < 1.29 is 4.79 Å². The molecule has 1 unspecified atom stereocenters. The van der Waals surface area contributed by atoms with Gasteiger partial charge in [-0.2, -0.15) is 0 Å². The van der Waals surface area contributed by atoms with E-state index in [4.69, 9.17) is 5.73 Å². The SMILES string of the molecule is Cc1ccsc1C1CN(CC(C)(C)N)C(=O)N1C. The summed E-state index contributed by atoms with van der Waals surface area (Å²) in [4.78, 5) is 17.2. The van der Waals surface area contributed by atoms with E-state index in [2.05, 4.69) is 18.4 Å². The average molecular weight is 267 g/mol. The fraction of sp³-hybridized carbons (Fsp3) is 0.615. The number of nitrogens with zero attached hydrogens (tertiary/aromatic N) is 2. The van der Waals surface area contributed by atoms with Crippen LogP contribution in [-0.4, -0.2) is 41.5 Å². The molecule has 0 radical (unpaired) electrons. The Bertz CT molecular complexity index is 449. The lowest BCUT2D eigenvalue weighted by atomic mass is 10.1. The number of carbonyl (C=O) groups is 1. The van der Waals surface area contributed by atoms with Gasteiger partial charge in [0.05, 0.1) is 6.04 Å². The number of hydrogen-bond acceptors (Lipinski definition) is 3. The van der Waals surface area contributed by atoms with Gasteiger partial charge in [0.1, 0.15) is 0 Å². The van der Waals surface area contributed by atoms with Crippen LogP contribution in [0.2, 0.25) is 0 Å². The molecule has 4 nitrogen and oxygen atoms in total. The lowest BCUT2D eigenvalue weighted by molar-refractivity contribution is 0.188. The van der Waals surface area contributed by atoms with Gasteiger partial charge in [0, 0.05) is 30.6 Å². The highest BCUT2D eigenvalue weighted by molar-refractivity contribution is 7.10. The molecule has 5 heteroatoms. The van der Waals surface area contributed by atoms with Crippen molar-refractivity contribution in [3.8, 4) is 0 Å². The number of aryl methyl sites for hydroxylation is 1. The lowest BCUT2D eigenvalue weighted by Gasteiger charge is -2.25. The van der Waals surface area contributed by atoms with Crippen molar-refractivity contribution in [1.82, 2.24) is 9.80 Å². The molecule has 0 saturated carbocycles. The molecule has 0 aliphatic carbocycles. The van der Waals surface area contributed by atoms with Crippen molar-refractivity contribution in [3.63, 3.8) is 0 Å². The molecular formula is C13H21N3OS. The summed E-state index contributed by atoms with van der Waals surface area (Å²) in [7, 11) is 1.87. The molecule has 2 heterocycles. The van der Waals surface area contributed by atoms with E-state index in [-0.39, 0.29) is 17.6 Å². The molecular weight excluding hydrogens is 246 g/mol. The van der Waals surface area contributed by atoms with E-state index in [1.807, 2.05) is 30.7 Å². The van der Waals surface area contributed by atoms with Crippen LogP contribution < -0.4 is 5.73 Å². The predicted octanol–water partition coefficient (Wildman–Crippen LogP) is 2.20. The van der Waals surface area contributed by atoms with E-state index in [9.17, 15) is 4.79 Å². The lowest BCUT2D eigenvalue weighted by Crippen LogP contribution is -2.46. The topological polar surface area (TPSA) is 49.6 Å². The van der Waals surface area contributed by atoms with Crippen LogP contribution in [0.25, 0.3) is 0 Å². The van der Waals surface area contributed by atoms with Crippen molar-refractivity contribution in [1.29, 1.82) is 0 Å². The van der Waals surface area contributed by atoms with Gasteiger partial charge in [0.25, 0.3) is 0 Å². The van der Waals surface area contributed by atoms with Crippen molar-refractivity contribution in [3.05, 3.63) is 21.9 Å². The van der Waals surface area contributed by atoms with Gasteiger partial charge in [-0.25, -0.2) is 4.79 Å². The maximum absolute atomic E-state index is 12.2. The van der Waals surface area contributed by atoms with Crippen LogP contribution in [0.1, 0.15) is 30.3 Å². The second-order valence-electron chi connectivity index (χ2n) is 5.75. The van der Waals surface area contributed by atoms with Gasteiger partial charge in [-0.3, -0.25) is 0 Å². The van der Waals surface area contributed by atoms with E-state index < -0.39 is 0 Å². The molecule has 1 fully saturated rings. The summed E-state index contributed by atoms with van der Waals surface area (Å²) >= 11 is 1.72. The molecule has 1 aromatic rings. The first-order chi connectivity index (χ1) is 8.29. The highest BCUT2D eigenvalue weighted by Gasteiger charge is 2.38. The molecule has 2 N–H and O–H groups in total. The minimum absolute atomic E-state index is 0.0753. The molecule has 0 bridgehead atoms. The van der Waals surface area contributed by atoms with Gasteiger partial charge in [-0.1, -0.05) is 0 Å². The molecule has 2 amide bonds. The highest BCUT2D eigenvalue weighted by Crippen LogP contribution is 2.33. The Hall–Kier alpha value is -1.07. The second-order valence-corrected chi connectivity index (χ2v) is 6.69. The quantitative estimate of drug-likeness (QED) is 0.912. The first-order valence-electron chi connectivity index (χ1n) is 6.14. The zero-order valence-corrected chi connectivity index (χ0v) is 12.3. The fourth-order valence-electron chi connectivity index (χ4n) is 2.37. The van der Waals surface area contributed by atoms with E-state index >= 15 is 0 Å². The van der Waals surface area contributed by atoms with Crippen LogP contribution >= 0.6 is 11.3 Å². The van der Waals surface area contributed by atoms with E-state index in [1.165, 1.54) is 10.4 Å². The van der Waals surface area contributed by atoms with E-state index in [0.29, 0.717) is 6.54 Å². The van der Waals surface area contributed by atoms with E-state index in [0.717, 1.165) is 6.54 Å². The van der Waals surface area contributed by atoms with Crippen LogP contribution in [-0.2, 0) is 0 Å². The molecule has 100 valence electrons. The number of rotatable bonds is 3. The number of nitrogens with two attached hydrogens (primary N) is 1. The summed E-state index contributed by atoms with van der Waals surface area (Å²) in [5.74, 6) is 0. The number of urea groups is 1. The van der Waals surface area contributed by atoms with Crippen molar-refractivity contribution in [2.75, 3.05) is 20.1 Å². The first kappa shape index (κ1) is 13.4. The fourth-order valence-corrected chi connectivity index (χ4v) is 3.44. The van der Waals surface area contributed by atoms with Crippen LogP contribution in [0.15, 0.2) is 11.4 Å². The first-order valence-corrected chi connectivity index (χ1v) is 7.02. The molecule has 0 aromatic carbocycles. The number of carbonyl (C=O) groups excluding carboxylic acids is 1. The molecule has 1 saturated heterocycles. The summed E-state index contributed by atoms with van der Waals surface area (Å²) in [5, 5.41) is 2.08. The number of likely N-dealkylation sites (N-methyl/N-ethyl adjacent to an activating group) is 1. The van der Waals surface area contributed by atoms with Crippen molar-refractivity contribution >= 4 is 17.4 Å². The maximum Gasteiger partial charge on any atom is 0.320 e.